The Balaban J connectivity index is 1.91. The summed E-state index contributed by atoms with van der Waals surface area (Å²) in [6.45, 7) is 0. The van der Waals surface area contributed by atoms with E-state index in [0.717, 1.165) is 5.56 Å². The van der Waals surface area contributed by atoms with Gasteiger partial charge in [-0.25, -0.2) is 4.99 Å². The maximum atomic E-state index is 12.1. The largest absolute Gasteiger partial charge is 0.288 e. The van der Waals surface area contributed by atoms with Crippen LogP contribution in [0.4, 0.5) is 0 Å². The van der Waals surface area contributed by atoms with Crippen molar-refractivity contribution in [1.82, 2.24) is 0 Å². The van der Waals surface area contributed by atoms with Crippen LogP contribution in [0.3, 0.4) is 0 Å². The van der Waals surface area contributed by atoms with Crippen molar-refractivity contribution in [3.63, 3.8) is 0 Å². The van der Waals surface area contributed by atoms with Crippen LogP contribution in [0.25, 0.3) is 6.08 Å². The molecule has 0 heterocycles. The molecule has 0 bridgehead atoms. The monoisotopic (exact) mass is 321 g/mol. The maximum Gasteiger partial charge on any atom is 0.270 e. The first kappa shape index (κ1) is 15.1. The molecule has 3 nitrogen and oxygen atoms in total. The van der Waals surface area contributed by atoms with Gasteiger partial charge in [-0.1, -0.05) is 66.2 Å². The second-order valence-corrected chi connectivity index (χ2v) is 5.35. The van der Waals surface area contributed by atoms with Gasteiger partial charge in [-0.3, -0.25) is 9.59 Å². The molecule has 0 saturated carbocycles. The van der Waals surface area contributed by atoms with Crippen molar-refractivity contribution in [2.24, 2.45) is 4.99 Å². The SMILES string of the molecule is O=C(/C=C/c1ccccc1)N=C1C=C(Cl)C(=O)c2ccccc21. The summed E-state index contributed by atoms with van der Waals surface area (Å²) >= 11 is 5.95. The molecule has 0 fully saturated rings. The first-order valence-electron chi connectivity index (χ1n) is 7.02. The van der Waals surface area contributed by atoms with Gasteiger partial charge in [0.1, 0.15) is 0 Å². The number of Topliss-reactive ketones (excluding diaryl/α,β-unsaturated/α-hetero) is 1. The molecule has 2 aromatic rings. The van der Waals surface area contributed by atoms with Crippen LogP contribution >= 0.6 is 11.6 Å². The summed E-state index contributed by atoms with van der Waals surface area (Å²) in [4.78, 5) is 28.1. The summed E-state index contributed by atoms with van der Waals surface area (Å²) in [5.74, 6) is -0.665. The zero-order valence-electron chi connectivity index (χ0n) is 12.1. The first-order valence-corrected chi connectivity index (χ1v) is 7.40. The molecule has 112 valence electrons. The molecule has 3 rings (SSSR count). The number of amides is 1. The lowest BCUT2D eigenvalue weighted by atomic mass is 9.94. The minimum atomic E-state index is -0.409. The number of hydrogen-bond donors (Lipinski definition) is 0. The van der Waals surface area contributed by atoms with E-state index >= 15 is 0 Å². The predicted molar refractivity (Wildman–Crippen MR) is 91.7 cm³/mol. The highest BCUT2D eigenvalue weighted by Crippen LogP contribution is 2.23. The smallest absolute Gasteiger partial charge is 0.270 e. The van der Waals surface area contributed by atoms with E-state index in [9.17, 15) is 9.59 Å². The number of nitrogens with zero attached hydrogens (tertiary/aromatic N) is 1. The van der Waals surface area contributed by atoms with Gasteiger partial charge < -0.3 is 0 Å². The number of hydrogen-bond acceptors (Lipinski definition) is 2. The number of allylic oxidation sites excluding steroid dienone is 2. The third-order valence-electron chi connectivity index (χ3n) is 3.38. The van der Waals surface area contributed by atoms with E-state index in [1.165, 1.54) is 12.2 Å². The first-order chi connectivity index (χ1) is 11.1. The second kappa shape index (κ2) is 6.55. The van der Waals surface area contributed by atoms with Crippen LogP contribution < -0.4 is 0 Å². The molecule has 1 amide bonds. The Morgan fingerprint density at radius 3 is 2.35 bits per heavy atom. The van der Waals surface area contributed by atoms with Crippen molar-refractivity contribution in [2.45, 2.75) is 0 Å². The molecule has 0 spiro atoms. The standard InChI is InChI=1S/C19H12ClNO2/c20-16-12-17(14-8-4-5-9-15(14)19(16)23)21-18(22)11-10-13-6-2-1-3-7-13/h1-12H/b11-10+,21-17?. The normalized spacial score (nSPS) is 15.6. The molecule has 0 saturated heterocycles. The van der Waals surface area contributed by atoms with Crippen molar-refractivity contribution in [1.29, 1.82) is 0 Å². The number of rotatable bonds is 2. The number of benzene rings is 2. The number of carbonyl (C=O) groups is 2. The van der Waals surface area contributed by atoms with Gasteiger partial charge in [-0.2, -0.15) is 0 Å². The highest BCUT2D eigenvalue weighted by molar-refractivity contribution is 6.49. The minimum absolute atomic E-state index is 0.0577. The number of aliphatic imine (C=N–C) groups is 1. The number of carbonyl (C=O) groups excluding carboxylic acids is 2. The molecule has 0 aliphatic heterocycles. The molecule has 1 aliphatic carbocycles. The van der Waals surface area contributed by atoms with Gasteiger partial charge >= 0.3 is 0 Å². The third-order valence-corrected chi connectivity index (χ3v) is 3.66. The highest BCUT2D eigenvalue weighted by atomic mass is 35.5. The fourth-order valence-corrected chi connectivity index (χ4v) is 2.48. The molecule has 0 atom stereocenters. The summed E-state index contributed by atoms with van der Waals surface area (Å²) in [7, 11) is 0. The van der Waals surface area contributed by atoms with Gasteiger partial charge in [0.25, 0.3) is 5.91 Å². The molecule has 0 N–H and O–H groups in total. The van der Waals surface area contributed by atoms with Gasteiger partial charge in [0, 0.05) is 17.2 Å². The summed E-state index contributed by atoms with van der Waals surface area (Å²) in [5.41, 5.74) is 2.38. The molecular weight excluding hydrogens is 310 g/mol. The summed E-state index contributed by atoms with van der Waals surface area (Å²) in [6, 6.07) is 16.4. The Labute approximate surface area is 138 Å². The van der Waals surface area contributed by atoms with Crippen LogP contribution in [0.2, 0.25) is 0 Å². The fourth-order valence-electron chi connectivity index (χ4n) is 2.28. The van der Waals surface area contributed by atoms with Crippen molar-refractivity contribution in [3.05, 3.63) is 88.5 Å². The number of halogens is 1. The Bertz CT molecular complexity index is 864. The van der Waals surface area contributed by atoms with E-state index in [-0.39, 0.29) is 10.8 Å². The van der Waals surface area contributed by atoms with E-state index in [1.54, 1.807) is 30.3 Å². The summed E-state index contributed by atoms with van der Waals surface area (Å²) in [5, 5.41) is 0.0577. The Morgan fingerprint density at radius 2 is 1.61 bits per heavy atom. The van der Waals surface area contributed by atoms with Crippen molar-refractivity contribution in [2.75, 3.05) is 0 Å². The van der Waals surface area contributed by atoms with E-state index in [0.29, 0.717) is 16.8 Å². The Hall–Kier alpha value is -2.78. The van der Waals surface area contributed by atoms with E-state index < -0.39 is 5.91 Å². The zero-order chi connectivity index (χ0) is 16.2. The molecule has 23 heavy (non-hydrogen) atoms. The predicted octanol–water partition coefficient (Wildman–Crippen LogP) is 4.03. The lowest BCUT2D eigenvalue weighted by Crippen LogP contribution is -2.16. The second-order valence-electron chi connectivity index (χ2n) is 4.95. The molecule has 2 aromatic carbocycles. The Kier molecular flexibility index (Phi) is 4.31. The molecule has 0 aromatic heterocycles. The van der Waals surface area contributed by atoms with Gasteiger partial charge in [0.15, 0.2) is 0 Å². The average molecular weight is 322 g/mol. The fraction of sp³-hybridized carbons (Fsp3) is 0. The van der Waals surface area contributed by atoms with Gasteiger partial charge in [0.05, 0.1) is 10.7 Å². The minimum Gasteiger partial charge on any atom is -0.288 e. The Morgan fingerprint density at radius 1 is 0.957 bits per heavy atom. The van der Waals surface area contributed by atoms with Crippen molar-refractivity contribution < 1.29 is 9.59 Å². The van der Waals surface area contributed by atoms with E-state index in [1.807, 2.05) is 30.3 Å². The summed E-state index contributed by atoms with van der Waals surface area (Å²) in [6.07, 6.45) is 4.52. The lowest BCUT2D eigenvalue weighted by Gasteiger charge is -2.13. The lowest BCUT2D eigenvalue weighted by molar-refractivity contribution is -0.113. The molecular formula is C19H12ClNO2. The van der Waals surface area contributed by atoms with Crippen LogP contribution in [0.5, 0.6) is 0 Å². The van der Waals surface area contributed by atoms with Crippen LogP contribution in [0.1, 0.15) is 21.5 Å². The third kappa shape index (κ3) is 3.35. The van der Waals surface area contributed by atoms with Crippen molar-refractivity contribution in [3.8, 4) is 0 Å². The topological polar surface area (TPSA) is 46.5 Å². The number of fused-ring (bicyclic) bond motifs is 1. The van der Waals surface area contributed by atoms with Crippen LogP contribution in [0.15, 0.2) is 76.8 Å². The van der Waals surface area contributed by atoms with E-state index in [4.69, 9.17) is 11.6 Å². The van der Waals surface area contributed by atoms with Crippen LogP contribution in [-0.2, 0) is 4.79 Å². The highest BCUT2D eigenvalue weighted by Gasteiger charge is 2.22. The van der Waals surface area contributed by atoms with Gasteiger partial charge in [-0.15, -0.1) is 0 Å². The van der Waals surface area contributed by atoms with Crippen LogP contribution in [0, 0.1) is 0 Å². The maximum absolute atomic E-state index is 12.1. The van der Waals surface area contributed by atoms with E-state index in [2.05, 4.69) is 4.99 Å². The van der Waals surface area contributed by atoms with Crippen molar-refractivity contribution >= 4 is 35.1 Å². The van der Waals surface area contributed by atoms with Gasteiger partial charge in [0.2, 0.25) is 5.78 Å². The molecule has 4 heteroatoms. The summed E-state index contributed by atoms with van der Waals surface area (Å²) < 4.78 is 0. The van der Waals surface area contributed by atoms with Crippen LogP contribution in [-0.4, -0.2) is 17.4 Å². The zero-order valence-corrected chi connectivity index (χ0v) is 12.8. The number of ketones is 1. The molecule has 0 unspecified atom stereocenters. The molecule has 1 aliphatic rings. The molecule has 0 radical (unpaired) electrons. The quantitative estimate of drug-likeness (QED) is 0.784. The average Bonchev–Trinajstić information content (AvgIpc) is 2.58. The van der Waals surface area contributed by atoms with Gasteiger partial charge in [-0.05, 0) is 17.7 Å².